The van der Waals surface area contributed by atoms with E-state index in [0.29, 0.717) is 0 Å². The number of halogens is 3. The first kappa shape index (κ1) is 10.9. The van der Waals surface area contributed by atoms with Crippen molar-refractivity contribution in [2.45, 2.75) is 19.4 Å². The molecule has 78 valence electrons. The third-order valence-corrected chi connectivity index (χ3v) is 1.58. The lowest BCUT2D eigenvalue weighted by Crippen LogP contribution is -2.08. The molecule has 3 nitrogen and oxygen atoms in total. The van der Waals surface area contributed by atoms with Gasteiger partial charge in [-0.25, -0.2) is 0 Å². The number of nitrogens with zero attached hydrogens (tertiary/aromatic N) is 1. The van der Waals surface area contributed by atoms with Gasteiger partial charge >= 0.3 is 6.18 Å². The standard InChI is InChI=1S/C8H8F3NO2/c9-8(10,11)5-1-6(3-13)12-7(2-5)4-14/h1-2,13-14H,3-4H2. The van der Waals surface area contributed by atoms with Gasteiger partial charge in [0.25, 0.3) is 0 Å². The molecule has 0 bridgehead atoms. The fraction of sp³-hybridized carbons (Fsp3) is 0.375. The van der Waals surface area contributed by atoms with E-state index >= 15 is 0 Å². The average Bonchev–Trinajstić information content (AvgIpc) is 2.15. The number of alkyl halides is 3. The Bertz CT molecular complexity index is 303. The molecule has 0 atom stereocenters. The first-order valence-electron chi connectivity index (χ1n) is 3.76. The smallest absolute Gasteiger partial charge is 0.390 e. The number of aromatic nitrogens is 1. The summed E-state index contributed by atoms with van der Waals surface area (Å²) in [4.78, 5) is 3.58. The minimum atomic E-state index is -4.49. The monoisotopic (exact) mass is 207 g/mol. The van der Waals surface area contributed by atoms with Crippen molar-refractivity contribution < 1.29 is 23.4 Å². The van der Waals surface area contributed by atoms with Crippen molar-refractivity contribution in [1.29, 1.82) is 0 Å². The van der Waals surface area contributed by atoms with Gasteiger partial charge in [0.15, 0.2) is 0 Å². The summed E-state index contributed by atoms with van der Waals surface area (Å²) in [6, 6.07) is 1.50. The Labute approximate surface area is 77.8 Å². The predicted octanol–water partition coefficient (Wildman–Crippen LogP) is 1.08. The van der Waals surface area contributed by atoms with Gasteiger partial charge in [-0.05, 0) is 12.1 Å². The summed E-state index contributed by atoms with van der Waals surface area (Å²) in [6.45, 7) is -1.17. The molecule has 0 aliphatic carbocycles. The van der Waals surface area contributed by atoms with E-state index in [1.165, 1.54) is 0 Å². The van der Waals surface area contributed by atoms with Crippen LogP contribution in [0.1, 0.15) is 17.0 Å². The van der Waals surface area contributed by atoms with Gasteiger partial charge in [-0.3, -0.25) is 4.98 Å². The molecule has 1 aromatic rings. The van der Waals surface area contributed by atoms with Crippen LogP contribution >= 0.6 is 0 Å². The number of aliphatic hydroxyl groups is 2. The summed E-state index contributed by atoms with van der Waals surface area (Å²) < 4.78 is 36.7. The zero-order chi connectivity index (χ0) is 10.8. The summed E-state index contributed by atoms with van der Waals surface area (Å²) in [5.41, 5.74) is -1.13. The van der Waals surface area contributed by atoms with Crippen LogP contribution in [0.15, 0.2) is 12.1 Å². The number of hydrogen-bond donors (Lipinski definition) is 2. The van der Waals surface area contributed by atoms with E-state index < -0.39 is 25.0 Å². The van der Waals surface area contributed by atoms with E-state index in [0.717, 1.165) is 12.1 Å². The molecule has 0 aliphatic rings. The van der Waals surface area contributed by atoms with Gasteiger partial charge in [0.1, 0.15) is 0 Å². The number of hydrogen-bond acceptors (Lipinski definition) is 3. The van der Waals surface area contributed by atoms with Gasteiger partial charge in [0.2, 0.25) is 0 Å². The zero-order valence-corrected chi connectivity index (χ0v) is 7.04. The van der Waals surface area contributed by atoms with Crippen molar-refractivity contribution in [3.8, 4) is 0 Å². The molecule has 0 amide bonds. The Hall–Kier alpha value is -1.14. The van der Waals surface area contributed by atoms with Crippen molar-refractivity contribution in [3.05, 3.63) is 29.1 Å². The SMILES string of the molecule is OCc1cc(C(F)(F)F)cc(CO)n1. The highest BCUT2D eigenvalue weighted by Crippen LogP contribution is 2.29. The molecule has 0 unspecified atom stereocenters. The minimum absolute atomic E-state index is 0.108. The van der Waals surface area contributed by atoms with Crippen molar-refractivity contribution in [2.75, 3.05) is 0 Å². The van der Waals surface area contributed by atoms with Crippen LogP contribution in [0.25, 0.3) is 0 Å². The highest BCUT2D eigenvalue weighted by Gasteiger charge is 2.31. The van der Waals surface area contributed by atoms with Crippen LogP contribution in [0.2, 0.25) is 0 Å². The summed E-state index contributed by atoms with van der Waals surface area (Å²) >= 11 is 0. The van der Waals surface area contributed by atoms with Crippen LogP contribution in [0.5, 0.6) is 0 Å². The maximum atomic E-state index is 12.2. The maximum Gasteiger partial charge on any atom is 0.416 e. The Morgan fingerprint density at radius 2 is 1.50 bits per heavy atom. The molecule has 0 saturated heterocycles. The lowest BCUT2D eigenvalue weighted by molar-refractivity contribution is -0.137. The topological polar surface area (TPSA) is 53.4 Å². The highest BCUT2D eigenvalue weighted by molar-refractivity contribution is 5.23. The normalized spacial score (nSPS) is 11.8. The molecule has 0 radical (unpaired) electrons. The molecule has 14 heavy (non-hydrogen) atoms. The van der Waals surface area contributed by atoms with Gasteiger partial charge in [0, 0.05) is 0 Å². The van der Waals surface area contributed by atoms with Crippen LogP contribution in [-0.2, 0) is 19.4 Å². The Kier molecular flexibility index (Phi) is 3.07. The second-order valence-electron chi connectivity index (χ2n) is 2.65. The van der Waals surface area contributed by atoms with Crippen LogP contribution < -0.4 is 0 Å². The number of pyridine rings is 1. The van der Waals surface area contributed by atoms with Crippen LogP contribution in [-0.4, -0.2) is 15.2 Å². The fourth-order valence-electron chi connectivity index (χ4n) is 0.975. The van der Waals surface area contributed by atoms with Crippen molar-refractivity contribution in [2.24, 2.45) is 0 Å². The van der Waals surface area contributed by atoms with Crippen molar-refractivity contribution in [1.82, 2.24) is 4.98 Å². The van der Waals surface area contributed by atoms with E-state index in [1.807, 2.05) is 0 Å². The quantitative estimate of drug-likeness (QED) is 0.763. The van der Waals surface area contributed by atoms with E-state index in [2.05, 4.69) is 4.98 Å². The second-order valence-corrected chi connectivity index (χ2v) is 2.65. The highest BCUT2D eigenvalue weighted by atomic mass is 19.4. The lowest BCUT2D eigenvalue weighted by Gasteiger charge is -2.09. The summed E-state index contributed by atoms with van der Waals surface area (Å²) in [5.74, 6) is 0. The molecule has 0 aromatic carbocycles. The van der Waals surface area contributed by atoms with Gasteiger partial charge in [-0.15, -0.1) is 0 Å². The third-order valence-electron chi connectivity index (χ3n) is 1.58. The lowest BCUT2D eigenvalue weighted by atomic mass is 10.2. The Balaban J connectivity index is 3.17. The third kappa shape index (κ3) is 2.43. The molecule has 1 heterocycles. The fourth-order valence-corrected chi connectivity index (χ4v) is 0.975. The van der Waals surface area contributed by atoms with Gasteiger partial charge in [0.05, 0.1) is 30.2 Å². The van der Waals surface area contributed by atoms with Gasteiger partial charge < -0.3 is 10.2 Å². The molecule has 2 N–H and O–H groups in total. The largest absolute Gasteiger partial charge is 0.416 e. The molecule has 0 spiro atoms. The molecule has 0 fully saturated rings. The Morgan fingerprint density at radius 1 is 1.07 bits per heavy atom. The molecule has 0 aliphatic heterocycles. The van der Waals surface area contributed by atoms with Crippen LogP contribution in [0.4, 0.5) is 13.2 Å². The minimum Gasteiger partial charge on any atom is -0.390 e. The van der Waals surface area contributed by atoms with E-state index in [1.54, 1.807) is 0 Å². The zero-order valence-electron chi connectivity index (χ0n) is 7.04. The molecule has 1 aromatic heterocycles. The number of rotatable bonds is 2. The van der Waals surface area contributed by atoms with Crippen molar-refractivity contribution >= 4 is 0 Å². The van der Waals surface area contributed by atoms with Crippen molar-refractivity contribution in [3.63, 3.8) is 0 Å². The molecule has 0 saturated carbocycles. The van der Waals surface area contributed by atoms with Gasteiger partial charge in [-0.2, -0.15) is 13.2 Å². The molecular formula is C8H8F3NO2. The average molecular weight is 207 g/mol. The van der Waals surface area contributed by atoms with E-state index in [-0.39, 0.29) is 11.4 Å². The van der Waals surface area contributed by atoms with Crippen LogP contribution in [0, 0.1) is 0 Å². The summed E-state index contributed by atoms with van der Waals surface area (Å²) in [5, 5.41) is 17.3. The first-order valence-corrected chi connectivity index (χ1v) is 3.76. The maximum absolute atomic E-state index is 12.2. The summed E-state index contributed by atoms with van der Waals surface area (Å²) in [6.07, 6.45) is -4.49. The van der Waals surface area contributed by atoms with E-state index in [9.17, 15) is 13.2 Å². The molecule has 6 heteroatoms. The molecular weight excluding hydrogens is 199 g/mol. The summed E-state index contributed by atoms with van der Waals surface area (Å²) in [7, 11) is 0. The van der Waals surface area contributed by atoms with Crippen LogP contribution in [0.3, 0.4) is 0 Å². The predicted molar refractivity (Wildman–Crippen MR) is 41.1 cm³/mol. The van der Waals surface area contributed by atoms with Gasteiger partial charge in [-0.1, -0.05) is 0 Å². The Morgan fingerprint density at radius 3 is 1.79 bits per heavy atom. The molecule has 1 rings (SSSR count). The first-order chi connectivity index (χ1) is 6.47. The second kappa shape index (κ2) is 3.93. The number of aliphatic hydroxyl groups excluding tert-OH is 2. The van der Waals surface area contributed by atoms with E-state index in [4.69, 9.17) is 10.2 Å².